The summed E-state index contributed by atoms with van der Waals surface area (Å²) < 4.78 is 15.3. The van der Waals surface area contributed by atoms with E-state index in [2.05, 4.69) is 20.8 Å². The van der Waals surface area contributed by atoms with Crippen molar-refractivity contribution in [2.45, 2.75) is 0 Å². The van der Waals surface area contributed by atoms with E-state index in [9.17, 15) is 9.18 Å². The van der Waals surface area contributed by atoms with Crippen molar-refractivity contribution in [3.8, 4) is 0 Å². The molecule has 8 heteroatoms. The zero-order chi connectivity index (χ0) is 15.8. The highest BCUT2D eigenvalue weighted by Gasteiger charge is 2.13. The van der Waals surface area contributed by atoms with E-state index in [0.717, 1.165) is 10.2 Å². The molecule has 0 aliphatic rings. The van der Waals surface area contributed by atoms with Crippen molar-refractivity contribution >= 4 is 54.1 Å². The normalized spacial score (nSPS) is 11.0. The van der Waals surface area contributed by atoms with Crippen molar-refractivity contribution in [2.24, 2.45) is 0 Å². The number of hydrogen-bond donors (Lipinski definition) is 2. The molecule has 0 saturated heterocycles. The first-order chi connectivity index (χ1) is 11.2. The lowest BCUT2D eigenvalue weighted by atomic mass is 10.3. The van der Waals surface area contributed by atoms with Gasteiger partial charge in [0.05, 0.1) is 14.9 Å². The molecule has 1 amide bonds. The van der Waals surface area contributed by atoms with Crippen LogP contribution < -0.4 is 10.9 Å². The van der Waals surface area contributed by atoms with Gasteiger partial charge in [0.2, 0.25) is 5.13 Å². The van der Waals surface area contributed by atoms with Gasteiger partial charge in [-0.15, -0.1) is 11.3 Å². The van der Waals surface area contributed by atoms with E-state index < -0.39 is 0 Å². The summed E-state index contributed by atoms with van der Waals surface area (Å²) in [5, 5.41) is 0.769. The molecular weight excluding hydrogens is 335 g/mol. The molecule has 4 rings (SSSR count). The van der Waals surface area contributed by atoms with Crippen molar-refractivity contribution in [3.05, 3.63) is 53.3 Å². The summed E-state index contributed by atoms with van der Waals surface area (Å²) in [6.07, 6.45) is 0. The molecule has 114 valence electrons. The molecule has 5 nitrogen and oxygen atoms in total. The number of nitrogens with zero attached hydrogens (tertiary/aromatic N) is 2. The number of hydrogen-bond acceptors (Lipinski definition) is 6. The van der Waals surface area contributed by atoms with Crippen LogP contribution >= 0.6 is 22.7 Å². The summed E-state index contributed by atoms with van der Waals surface area (Å²) in [6, 6.07) is 12.3. The third-order valence-electron chi connectivity index (χ3n) is 3.14. The minimum absolute atomic E-state index is 0.286. The Balaban J connectivity index is 1.53. The number of para-hydroxylation sites is 2. The van der Waals surface area contributed by atoms with Gasteiger partial charge >= 0.3 is 0 Å². The summed E-state index contributed by atoms with van der Waals surface area (Å²) in [4.78, 5) is 20.5. The van der Waals surface area contributed by atoms with Gasteiger partial charge in [0.25, 0.3) is 5.91 Å². The summed E-state index contributed by atoms with van der Waals surface area (Å²) in [6.45, 7) is 0. The number of halogens is 1. The minimum Gasteiger partial charge on any atom is -0.273 e. The molecule has 0 aliphatic heterocycles. The fourth-order valence-electron chi connectivity index (χ4n) is 2.10. The van der Waals surface area contributed by atoms with Gasteiger partial charge in [0.1, 0.15) is 11.3 Å². The lowest BCUT2D eigenvalue weighted by molar-refractivity contribution is 0.0962. The number of nitrogens with one attached hydrogen (secondary N) is 2. The largest absolute Gasteiger partial charge is 0.298 e. The van der Waals surface area contributed by atoms with Crippen LogP contribution in [0, 0.1) is 5.82 Å². The van der Waals surface area contributed by atoms with Crippen molar-refractivity contribution in [1.29, 1.82) is 0 Å². The lowest BCUT2D eigenvalue weighted by Crippen LogP contribution is -2.29. The average molecular weight is 344 g/mol. The minimum atomic E-state index is -0.385. The molecule has 0 unspecified atom stereocenters. The number of amides is 1. The molecule has 0 aliphatic carbocycles. The van der Waals surface area contributed by atoms with E-state index in [1.54, 1.807) is 12.1 Å². The summed E-state index contributed by atoms with van der Waals surface area (Å²) in [7, 11) is 0. The number of benzene rings is 2. The highest BCUT2D eigenvalue weighted by atomic mass is 32.1. The standard InChI is InChI=1S/C15H9FN4OS2/c16-8-4-3-7-11-12(8)18-15(23-11)20-19-13(21)14-17-9-5-1-2-6-10(9)22-14/h1-7H,(H,18,20)(H,19,21). The Morgan fingerprint density at radius 1 is 1.00 bits per heavy atom. The number of rotatable bonds is 3. The van der Waals surface area contributed by atoms with Crippen LogP contribution in [0.4, 0.5) is 9.52 Å². The SMILES string of the molecule is O=C(NNc1nc2c(F)cccc2s1)c1nc2ccccc2s1. The maximum Gasteiger partial charge on any atom is 0.298 e. The maximum absolute atomic E-state index is 13.6. The van der Waals surface area contributed by atoms with Crippen molar-refractivity contribution in [3.63, 3.8) is 0 Å². The first kappa shape index (κ1) is 14.0. The van der Waals surface area contributed by atoms with Crippen molar-refractivity contribution in [2.75, 3.05) is 5.43 Å². The molecule has 2 heterocycles. The summed E-state index contributed by atoms with van der Waals surface area (Å²) in [5.74, 6) is -0.741. The van der Waals surface area contributed by atoms with Crippen molar-refractivity contribution in [1.82, 2.24) is 15.4 Å². The van der Waals surface area contributed by atoms with E-state index in [4.69, 9.17) is 0 Å². The first-order valence-corrected chi connectivity index (χ1v) is 8.31. The number of aromatic nitrogens is 2. The molecule has 0 saturated carbocycles. The number of carbonyl (C=O) groups is 1. The second kappa shape index (κ2) is 5.56. The van der Waals surface area contributed by atoms with Gasteiger partial charge in [-0.2, -0.15) is 0 Å². The van der Waals surface area contributed by atoms with Gasteiger partial charge in [-0.1, -0.05) is 29.5 Å². The van der Waals surface area contributed by atoms with Crippen LogP contribution in [0.25, 0.3) is 20.4 Å². The molecule has 2 aromatic carbocycles. The van der Waals surface area contributed by atoms with Gasteiger partial charge in [0, 0.05) is 0 Å². The van der Waals surface area contributed by atoms with E-state index in [0.29, 0.717) is 14.8 Å². The zero-order valence-corrected chi connectivity index (χ0v) is 13.2. The van der Waals surface area contributed by atoms with Gasteiger partial charge in [-0.05, 0) is 24.3 Å². The number of hydrazine groups is 1. The zero-order valence-electron chi connectivity index (χ0n) is 11.5. The number of carbonyl (C=O) groups excluding carboxylic acids is 1. The Bertz CT molecular complexity index is 994. The van der Waals surface area contributed by atoms with Crippen LogP contribution in [0.15, 0.2) is 42.5 Å². The second-order valence-corrected chi connectivity index (χ2v) is 6.73. The highest BCUT2D eigenvalue weighted by molar-refractivity contribution is 7.22. The number of anilines is 1. The monoisotopic (exact) mass is 344 g/mol. The van der Waals surface area contributed by atoms with E-state index in [1.165, 1.54) is 28.7 Å². The summed E-state index contributed by atoms with van der Waals surface area (Å²) in [5.41, 5.74) is 6.32. The van der Waals surface area contributed by atoms with Gasteiger partial charge in [-0.3, -0.25) is 15.6 Å². The van der Waals surface area contributed by atoms with Gasteiger partial charge < -0.3 is 0 Å². The molecule has 4 aromatic rings. The summed E-state index contributed by atoms with van der Waals surface area (Å²) >= 11 is 2.57. The van der Waals surface area contributed by atoms with E-state index >= 15 is 0 Å². The van der Waals surface area contributed by atoms with E-state index in [-0.39, 0.29) is 17.2 Å². The van der Waals surface area contributed by atoms with Crippen LogP contribution in [0.5, 0.6) is 0 Å². The molecule has 0 bridgehead atoms. The molecule has 0 atom stereocenters. The number of thiazole rings is 2. The predicted molar refractivity (Wildman–Crippen MR) is 90.3 cm³/mol. The Hall–Kier alpha value is -2.58. The quantitative estimate of drug-likeness (QED) is 0.555. The smallest absolute Gasteiger partial charge is 0.273 e. The number of fused-ring (bicyclic) bond motifs is 2. The topological polar surface area (TPSA) is 66.9 Å². The van der Waals surface area contributed by atoms with Gasteiger partial charge in [-0.25, -0.2) is 14.4 Å². The van der Waals surface area contributed by atoms with E-state index in [1.807, 2.05) is 24.3 Å². The molecule has 0 fully saturated rings. The fourth-order valence-corrected chi connectivity index (χ4v) is 3.80. The third kappa shape index (κ3) is 2.62. The molecule has 2 N–H and O–H groups in total. The fraction of sp³-hybridized carbons (Fsp3) is 0. The van der Waals surface area contributed by atoms with Crippen LogP contribution in [0.3, 0.4) is 0 Å². The first-order valence-electron chi connectivity index (χ1n) is 6.68. The molecular formula is C15H9FN4OS2. The van der Waals surface area contributed by atoms with Crippen molar-refractivity contribution < 1.29 is 9.18 Å². The predicted octanol–water partition coefficient (Wildman–Crippen LogP) is 3.80. The van der Waals surface area contributed by atoms with Crippen LogP contribution in [0.1, 0.15) is 9.80 Å². The Kier molecular flexibility index (Phi) is 3.40. The Morgan fingerprint density at radius 2 is 1.83 bits per heavy atom. The molecule has 0 spiro atoms. The molecule has 2 aromatic heterocycles. The van der Waals surface area contributed by atoms with Gasteiger partial charge in [0.15, 0.2) is 5.01 Å². The Morgan fingerprint density at radius 3 is 2.65 bits per heavy atom. The molecule has 23 heavy (non-hydrogen) atoms. The average Bonchev–Trinajstić information content (AvgIpc) is 3.17. The molecule has 0 radical (unpaired) electrons. The van der Waals surface area contributed by atoms with Crippen LogP contribution in [-0.4, -0.2) is 15.9 Å². The third-order valence-corrected chi connectivity index (χ3v) is 5.11. The van der Waals surface area contributed by atoms with Crippen LogP contribution in [-0.2, 0) is 0 Å². The maximum atomic E-state index is 13.6. The highest BCUT2D eigenvalue weighted by Crippen LogP contribution is 2.27. The Labute approximate surface area is 137 Å². The second-order valence-electron chi connectivity index (χ2n) is 4.67. The van der Waals surface area contributed by atoms with Crippen LogP contribution in [0.2, 0.25) is 0 Å². The lowest BCUT2D eigenvalue weighted by Gasteiger charge is -2.02.